The minimum Gasteiger partial charge on any atom is -0.367 e. The average Bonchev–Trinajstić information content (AvgIpc) is 2.96. The zero-order valence-electron chi connectivity index (χ0n) is 14.2. The molecule has 0 saturated carbocycles. The lowest BCUT2D eigenvalue weighted by Crippen LogP contribution is -2.19. The Morgan fingerprint density at radius 2 is 1.84 bits per heavy atom. The summed E-state index contributed by atoms with van der Waals surface area (Å²) in [5, 5.41) is 20.4. The number of fused-ring (bicyclic) bond motifs is 1. The van der Waals surface area contributed by atoms with Crippen molar-refractivity contribution in [1.82, 2.24) is 24.8 Å². The monoisotopic (exact) mass is 379 g/mol. The number of halogens is 2. The molecule has 0 spiro atoms. The lowest BCUT2D eigenvalue weighted by atomic mass is 9.96. The van der Waals surface area contributed by atoms with Gasteiger partial charge in [0.25, 0.3) is 0 Å². The predicted molar refractivity (Wildman–Crippen MR) is 101 cm³/mol. The number of rotatable bonds is 5. The van der Waals surface area contributed by atoms with Crippen LogP contribution in [-0.4, -0.2) is 37.9 Å². The summed E-state index contributed by atoms with van der Waals surface area (Å²) < 4.78 is 1.77. The Labute approximate surface area is 155 Å². The van der Waals surface area contributed by atoms with Gasteiger partial charge in [0.15, 0.2) is 11.5 Å². The Morgan fingerprint density at radius 3 is 2.56 bits per heavy atom. The molecule has 0 aliphatic heterocycles. The van der Waals surface area contributed by atoms with Crippen LogP contribution in [0.15, 0.2) is 24.4 Å². The molecule has 0 fully saturated rings. The van der Waals surface area contributed by atoms with Crippen LogP contribution in [-0.2, 0) is 5.41 Å². The molecule has 0 unspecified atom stereocenters. The number of hydrogen-bond donors (Lipinski definition) is 2. The van der Waals surface area contributed by atoms with Crippen molar-refractivity contribution < 1.29 is 0 Å². The van der Waals surface area contributed by atoms with E-state index in [0.717, 1.165) is 17.3 Å². The van der Waals surface area contributed by atoms with Crippen molar-refractivity contribution in [3.63, 3.8) is 0 Å². The molecule has 3 aromatic rings. The van der Waals surface area contributed by atoms with E-state index in [9.17, 15) is 0 Å². The van der Waals surface area contributed by atoms with Crippen LogP contribution in [0.2, 0.25) is 10.0 Å². The third kappa shape index (κ3) is 4.11. The fourth-order valence-electron chi connectivity index (χ4n) is 2.27. The zero-order chi connectivity index (χ0) is 18.0. The summed E-state index contributed by atoms with van der Waals surface area (Å²) in [4.78, 5) is 4.16. The molecule has 0 aliphatic carbocycles. The van der Waals surface area contributed by atoms with Gasteiger partial charge in [0.05, 0.1) is 10.0 Å². The van der Waals surface area contributed by atoms with E-state index in [2.05, 4.69) is 51.7 Å². The van der Waals surface area contributed by atoms with Crippen LogP contribution >= 0.6 is 23.2 Å². The number of pyridine rings is 1. The number of nitrogens with one attached hydrogen (secondary N) is 2. The van der Waals surface area contributed by atoms with E-state index in [1.165, 1.54) is 0 Å². The summed E-state index contributed by atoms with van der Waals surface area (Å²) in [5.74, 6) is 2.17. The highest BCUT2D eigenvalue weighted by atomic mass is 35.5. The van der Waals surface area contributed by atoms with Gasteiger partial charge in [-0.05, 0) is 18.2 Å². The summed E-state index contributed by atoms with van der Waals surface area (Å²) in [6, 6.07) is 5.42. The molecule has 2 N–H and O–H groups in total. The Morgan fingerprint density at radius 1 is 1.08 bits per heavy atom. The summed E-state index contributed by atoms with van der Waals surface area (Å²) in [7, 11) is 0. The SMILES string of the molecule is CC(C)(C)c1nnc2ccc(NCCNc3ncc(Cl)cc3Cl)nn12. The predicted octanol–water partition coefficient (Wildman–Crippen LogP) is 3.65. The van der Waals surface area contributed by atoms with Crippen molar-refractivity contribution in [2.75, 3.05) is 23.7 Å². The fraction of sp³-hybridized carbons (Fsp3) is 0.375. The van der Waals surface area contributed by atoms with Crippen molar-refractivity contribution in [3.8, 4) is 0 Å². The van der Waals surface area contributed by atoms with Gasteiger partial charge >= 0.3 is 0 Å². The molecular formula is C16H19Cl2N7. The van der Waals surface area contributed by atoms with Crippen LogP contribution in [0.25, 0.3) is 5.65 Å². The molecular weight excluding hydrogens is 361 g/mol. The molecule has 0 aromatic carbocycles. The van der Waals surface area contributed by atoms with E-state index in [1.54, 1.807) is 16.8 Å². The normalized spacial score (nSPS) is 11.7. The zero-order valence-corrected chi connectivity index (χ0v) is 15.7. The summed E-state index contributed by atoms with van der Waals surface area (Å²) in [6.45, 7) is 7.52. The second kappa shape index (κ2) is 7.01. The first-order valence-corrected chi connectivity index (χ1v) is 8.62. The van der Waals surface area contributed by atoms with Crippen molar-refractivity contribution >= 4 is 40.5 Å². The van der Waals surface area contributed by atoms with Gasteiger partial charge < -0.3 is 10.6 Å². The first-order chi connectivity index (χ1) is 11.8. The maximum atomic E-state index is 6.08. The van der Waals surface area contributed by atoms with E-state index in [0.29, 0.717) is 29.0 Å². The highest BCUT2D eigenvalue weighted by Crippen LogP contribution is 2.22. The molecule has 0 bridgehead atoms. The van der Waals surface area contributed by atoms with Gasteiger partial charge in [0, 0.05) is 24.7 Å². The van der Waals surface area contributed by atoms with Gasteiger partial charge in [-0.1, -0.05) is 44.0 Å². The molecule has 0 radical (unpaired) electrons. The Hall–Kier alpha value is -2.12. The standard InChI is InChI=1S/C16H19Cl2N7/c1-16(2,3)15-23-22-13-5-4-12(24-25(13)15)19-6-7-20-14-11(18)8-10(17)9-21-14/h4-5,8-9H,6-7H2,1-3H3,(H,19,24)(H,20,21). The molecule has 25 heavy (non-hydrogen) atoms. The second-order valence-electron chi connectivity index (χ2n) is 6.60. The number of aromatic nitrogens is 5. The first kappa shape index (κ1) is 17.7. The van der Waals surface area contributed by atoms with Gasteiger partial charge in [-0.3, -0.25) is 0 Å². The van der Waals surface area contributed by atoms with Crippen molar-refractivity contribution in [3.05, 3.63) is 40.3 Å². The van der Waals surface area contributed by atoms with E-state index >= 15 is 0 Å². The summed E-state index contributed by atoms with van der Waals surface area (Å²) >= 11 is 11.9. The molecule has 9 heteroatoms. The van der Waals surface area contributed by atoms with Gasteiger partial charge in [0.1, 0.15) is 11.6 Å². The molecule has 0 aliphatic rings. The third-order valence-electron chi connectivity index (χ3n) is 3.47. The van der Waals surface area contributed by atoms with E-state index in [1.807, 2.05) is 12.1 Å². The third-order valence-corrected chi connectivity index (χ3v) is 3.96. The minimum atomic E-state index is -0.135. The van der Waals surface area contributed by atoms with E-state index < -0.39 is 0 Å². The maximum Gasteiger partial charge on any atom is 0.178 e. The fourth-order valence-corrected chi connectivity index (χ4v) is 2.71. The maximum absolute atomic E-state index is 6.08. The molecule has 132 valence electrons. The molecule has 7 nitrogen and oxygen atoms in total. The largest absolute Gasteiger partial charge is 0.367 e. The topological polar surface area (TPSA) is 80.0 Å². The van der Waals surface area contributed by atoms with Crippen LogP contribution in [0, 0.1) is 0 Å². The molecule has 0 saturated heterocycles. The van der Waals surface area contributed by atoms with Gasteiger partial charge in [-0.15, -0.1) is 15.3 Å². The minimum absolute atomic E-state index is 0.135. The van der Waals surface area contributed by atoms with Crippen LogP contribution < -0.4 is 10.6 Å². The highest BCUT2D eigenvalue weighted by Gasteiger charge is 2.21. The van der Waals surface area contributed by atoms with Crippen LogP contribution in [0.5, 0.6) is 0 Å². The van der Waals surface area contributed by atoms with Gasteiger partial charge in [0.2, 0.25) is 0 Å². The summed E-state index contributed by atoms with van der Waals surface area (Å²) in [6.07, 6.45) is 1.55. The average molecular weight is 380 g/mol. The first-order valence-electron chi connectivity index (χ1n) is 7.86. The van der Waals surface area contributed by atoms with Crippen LogP contribution in [0.1, 0.15) is 26.6 Å². The van der Waals surface area contributed by atoms with Crippen LogP contribution in [0.4, 0.5) is 11.6 Å². The lowest BCUT2D eigenvalue weighted by Gasteiger charge is -2.15. The van der Waals surface area contributed by atoms with Crippen LogP contribution in [0.3, 0.4) is 0 Å². The quantitative estimate of drug-likeness (QED) is 0.658. The molecule has 0 atom stereocenters. The smallest absolute Gasteiger partial charge is 0.178 e. The van der Waals surface area contributed by atoms with Gasteiger partial charge in [-0.25, -0.2) is 4.98 Å². The molecule has 3 rings (SSSR count). The Balaban J connectivity index is 1.63. The number of anilines is 2. The van der Waals surface area contributed by atoms with Crippen molar-refractivity contribution in [2.24, 2.45) is 0 Å². The lowest BCUT2D eigenvalue weighted by molar-refractivity contribution is 0.527. The van der Waals surface area contributed by atoms with Crippen molar-refractivity contribution in [1.29, 1.82) is 0 Å². The second-order valence-corrected chi connectivity index (χ2v) is 7.44. The molecule has 0 amide bonds. The van der Waals surface area contributed by atoms with Gasteiger partial charge in [-0.2, -0.15) is 4.52 Å². The molecule has 3 heterocycles. The molecule has 3 aromatic heterocycles. The van der Waals surface area contributed by atoms with E-state index in [4.69, 9.17) is 23.2 Å². The number of nitrogens with zero attached hydrogens (tertiary/aromatic N) is 5. The Bertz CT molecular complexity index is 886. The number of hydrogen-bond acceptors (Lipinski definition) is 6. The highest BCUT2D eigenvalue weighted by molar-refractivity contribution is 6.35. The Kier molecular flexibility index (Phi) is 4.96. The summed E-state index contributed by atoms with van der Waals surface area (Å²) in [5.41, 5.74) is 0.592. The van der Waals surface area contributed by atoms with E-state index in [-0.39, 0.29) is 5.41 Å². The van der Waals surface area contributed by atoms with Crippen molar-refractivity contribution in [2.45, 2.75) is 26.2 Å².